The van der Waals surface area contributed by atoms with Crippen molar-refractivity contribution in [2.24, 2.45) is 0 Å². The number of rotatable bonds is 6. The molecular weight excluding hydrogens is 282 g/mol. The normalized spacial score (nSPS) is 11.3. The van der Waals surface area contributed by atoms with E-state index in [9.17, 15) is 9.59 Å². The highest BCUT2D eigenvalue weighted by atomic mass is 16.6. The molecule has 1 aromatic carbocycles. The third-order valence-electron chi connectivity index (χ3n) is 2.67. The van der Waals surface area contributed by atoms with Crippen LogP contribution in [0.4, 0.5) is 4.79 Å². The van der Waals surface area contributed by atoms with Crippen molar-refractivity contribution in [1.29, 1.82) is 0 Å². The molecule has 0 aliphatic rings. The van der Waals surface area contributed by atoms with E-state index in [-0.39, 0.29) is 0 Å². The number of nitrogens with one attached hydrogen (secondary N) is 1. The minimum absolute atomic E-state index is 0.423. The molecule has 1 aromatic rings. The Bertz CT molecular complexity index is 544. The van der Waals surface area contributed by atoms with Crippen molar-refractivity contribution >= 4 is 18.5 Å². The summed E-state index contributed by atoms with van der Waals surface area (Å²) in [7, 11) is 1.53. The summed E-state index contributed by atoms with van der Waals surface area (Å²) in [5, 5.41) is 2.68. The van der Waals surface area contributed by atoms with Gasteiger partial charge in [-0.1, -0.05) is 18.2 Å². The molecular formula is C17H23NO4. The van der Waals surface area contributed by atoms with Crippen molar-refractivity contribution in [3.8, 4) is 5.75 Å². The minimum Gasteiger partial charge on any atom is -0.496 e. The van der Waals surface area contributed by atoms with Gasteiger partial charge in [0.05, 0.1) is 12.7 Å². The van der Waals surface area contributed by atoms with Crippen LogP contribution in [0, 0.1) is 0 Å². The lowest BCUT2D eigenvalue weighted by Gasteiger charge is -2.19. The van der Waals surface area contributed by atoms with Gasteiger partial charge in [-0.2, -0.15) is 0 Å². The maximum Gasteiger partial charge on any atom is 0.407 e. The summed E-state index contributed by atoms with van der Waals surface area (Å²) in [5.41, 5.74) is 0.922. The van der Waals surface area contributed by atoms with E-state index in [0.29, 0.717) is 24.3 Å². The van der Waals surface area contributed by atoms with E-state index in [4.69, 9.17) is 9.47 Å². The smallest absolute Gasteiger partial charge is 0.407 e. The van der Waals surface area contributed by atoms with Gasteiger partial charge in [0.2, 0.25) is 0 Å². The Hall–Kier alpha value is -2.30. The van der Waals surface area contributed by atoms with Crippen molar-refractivity contribution in [3.63, 3.8) is 0 Å². The van der Waals surface area contributed by atoms with Gasteiger partial charge in [0.25, 0.3) is 0 Å². The molecule has 0 bridgehead atoms. The largest absolute Gasteiger partial charge is 0.496 e. The zero-order valence-corrected chi connectivity index (χ0v) is 13.5. The summed E-state index contributed by atoms with van der Waals surface area (Å²) in [4.78, 5) is 22.4. The molecule has 0 saturated heterocycles. The second kappa shape index (κ2) is 8.22. The zero-order chi connectivity index (χ0) is 16.6. The molecule has 0 heterocycles. The number of ether oxygens (including phenoxy) is 2. The molecule has 5 heteroatoms. The molecule has 0 aliphatic heterocycles. The summed E-state index contributed by atoms with van der Waals surface area (Å²) in [6.07, 6.45) is 4.83. The van der Waals surface area contributed by atoms with E-state index >= 15 is 0 Å². The van der Waals surface area contributed by atoms with Gasteiger partial charge >= 0.3 is 6.09 Å². The molecule has 120 valence electrons. The number of hydrogen-bond acceptors (Lipinski definition) is 4. The van der Waals surface area contributed by atoms with Crippen molar-refractivity contribution in [2.75, 3.05) is 13.7 Å². The Morgan fingerprint density at radius 3 is 2.64 bits per heavy atom. The molecule has 0 radical (unpaired) electrons. The number of aldehydes is 1. The first-order chi connectivity index (χ1) is 10.4. The monoisotopic (exact) mass is 305 g/mol. The van der Waals surface area contributed by atoms with Crippen LogP contribution in [0.2, 0.25) is 0 Å². The average Bonchev–Trinajstić information content (AvgIpc) is 2.44. The molecule has 0 spiro atoms. The van der Waals surface area contributed by atoms with Crippen LogP contribution in [-0.4, -0.2) is 31.6 Å². The topological polar surface area (TPSA) is 64.6 Å². The molecule has 0 aliphatic carbocycles. The fourth-order valence-electron chi connectivity index (χ4n) is 1.74. The summed E-state index contributed by atoms with van der Waals surface area (Å²) < 4.78 is 10.2. The summed E-state index contributed by atoms with van der Waals surface area (Å²) in [6.45, 7) is 5.95. The number of carbonyl (C=O) groups is 2. The molecule has 0 saturated carbocycles. The van der Waals surface area contributed by atoms with E-state index in [1.165, 1.54) is 7.11 Å². The lowest BCUT2D eigenvalue weighted by Crippen LogP contribution is -2.32. The van der Waals surface area contributed by atoms with Gasteiger partial charge in [-0.15, -0.1) is 0 Å². The van der Waals surface area contributed by atoms with Crippen LogP contribution in [0.1, 0.15) is 43.1 Å². The fourth-order valence-corrected chi connectivity index (χ4v) is 1.74. The highest BCUT2D eigenvalue weighted by Crippen LogP contribution is 2.18. The maximum absolute atomic E-state index is 11.4. The highest BCUT2D eigenvalue weighted by Gasteiger charge is 2.15. The number of benzene rings is 1. The predicted molar refractivity (Wildman–Crippen MR) is 86.3 cm³/mol. The highest BCUT2D eigenvalue weighted by molar-refractivity contribution is 5.80. The van der Waals surface area contributed by atoms with Gasteiger partial charge in [0.1, 0.15) is 11.4 Å². The third kappa shape index (κ3) is 6.43. The van der Waals surface area contributed by atoms with Crippen molar-refractivity contribution < 1.29 is 19.1 Å². The van der Waals surface area contributed by atoms with E-state index < -0.39 is 11.7 Å². The second-order valence-electron chi connectivity index (χ2n) is 5.74. The molecule has 0 aromatic heterocycles. The van der Waals surface area contributed by atoms with Crippen molar-refractivity contribution in [3.05, 3.63) is 35.4 Å². The molecule has 1 N–H and O–H groups in total. The lowest BCUT2D eigenvalue weighted by molar-refractivity contribution is 0.0528. The Balaban J connectivity index is 2.43. The van der Waals surface area contributed by atoms with Crippen molar-refractivity contribution in [1.82, 2.24) is 5.32 Å². The van der Waals surface area contributed by atoms with Crippen LogP contribution in [0.25, 0.3) is 6.08 Å². The Morgan fingerprint density at radius 1 is 1.32 bits per heavy atom. The molecule has 5 nitrogen and oxygen atoms in total. The number of methoxy groups -OCH3 is 1. The van der Waals surface area contributed by atoms with Crippen LogP contribution in [0.15, 0.2) is 24.3 Å². The second-order valence-corrected chi connectivity index (χ2v) is 5.74. The number of carbonyl (C=O) groups excluding carboxylic acids is 2. The van der Waals surface area contributed by atoms with Crippen LogP contribution < -0.4 is 10.1 Å². The number of hydrogen-bond donors (Lipinski definition) is 1. The Labute approximate surface area is 131 Å². The van der Waals surface area contributed by atoms with E-state index in [0.717, 1.165) is 11.8 Å². The zero-order valence-electron chi connectivity index (χ0n) is 13.5. The van der Waals surface area contributed by atoms with E-state index in [1.54, 1.807) is 12.1 Å². The Kier molecular flexibility index (Phi) is 6.63. The minimum atomic E-state index is -0.492. The first kappa shape index (κ1) is 17.8. The standard InChI is InChI=1S/C17H23NO4/c1-17(2,3)22-16(20)18-10-6-5-7-13-8-9-15(21-4)14(11-13)12-19/h5,7-9,11-12H,6,10H2,1-4H3,(H,18,20). The van der Waals surface area contributed by atoms with Crippen LogP contribution in [-0.2, 0) is 4.74 Å². The van der Waals surface area contributed by atoms with E-state index in [2.05, 4.69) is 5.32 Å². The Morgan fingerprint density at radius 2 is 2.05 bits per heavy atom. The van der Waals surface area contributed by atoms with Gasteiger partial charge in [0, 0.05) is 6.54 Å². The van der Waals surface area contributed by atoms with Gasteiger partial charge in [-0.3, -0.25) is 4.79 Å². The SMILES string of the molecule is COc1ccc(C=CCCNC(=O)OC(C)(C)C)cc1C=O. The van der Waals surface area contributed by atoms with Crippen molar-refractivity contribution in [2.45, 2.75) is 32.8 Å². The lowest BCUT2D eigenvalue weighted by atomic mass is 10.1. The molecule has 1 rings (SSSR count). The van der Waals surface area contributed by atoms with Crippen LogP contribution >= 0.6 is 0 Å². The first-order valence-electron chi connectivity index (χ1n) is 7.12. The quantitative estimate of drug-likeness (QED) is 0.646. The molecule has 0 atom stereocenters. The van der Waals surface area contributed by atoms with Gasteiger partial charge in [0.15, 0.2) is 6.29 Å². The van der Waals surface area contributed by atoms with Gasteiger partial charge in [-0.25, -0.2) is 4.79 Å². The fraction of sp³-hybridized carbons (Fsp3) is 0.412. The van der Waals surface area contributed by atoms with E-state index in [1.807, 2.05) is 39.0 Å². The molecule has 1 amide bonds. The number of amides is 1. The first-order valence-corrected chi connectivity index (χ1v) is 7.12. The maximum atomic E-state index is 11.4. The molecule has 22 heavy (non-hydrogen) atoms. The number of alkyl carbamates (subject to hydrolysis) is 1. The van der Waals surface area contributed by atoms with Crippen LogP contribution in [0.3, 0.4) is 0 Å². The summed E-state index contributed by atoms with van der Waals surface area (Å²) in [6, 6.07) is 5.37. The summed E-state index contributed by atoms with van der Waals surface area (Å²) >= 11 is 0. The average molecular weight is 305 g/mol. The third-order valence-corrected chi connectivity index (χ3v) is 2.67. The summed E-state index contributed by atoms with van der Waals surface area (Å²) in [5.74, 6) is 0.554. The predicted octanol–water partition coefficient (Wildman–Crippen LogP) is 3.44. The molecule has 0 unspecified atom stereocenters. The molecule has 0 fully saturated rings. The van der Waals surface area contributed by atoms with Crippen LogP contribution in [0.5, 0.6) is 5.75 Å². The van der Waals surface area contributed by atoms with Gasteiger partial charge < -0.3 is 14.8 Å². The van der Waals surface area contributed by atoms with Gasteiger partial charge in [-0.05, 0) is 44.9 Å².